The Morgan fingerprint density at radius 2 is 2.11 bits per heavy atom. The van der Waals surface area contributed by atoms with Crippen LogP contribution >= 0.6 is 0 Å². The van der Waals surface area contributed by atoms with Crippen LogP contribution in [-0.4, -0.2) is 22.1 Å². The van der Waals surface area contributed by atoms with Gasteiger partial charge < -0.3 is 10.5 Å². The standard InChI is InChI=1S/C13H22N2O3S/c1-4-10(2)9-15-19(16,17)13-7-11(8-14)5-6-12(13)18-3/h5-7,10,15H,4,8-9,14H2,1-3H3. The summed E-state index contributed by atoms with van der Waals surface area (Å²) in [5, 5.41) is 0. The maximum Gasteiger partial charge on any atom is 0.244 e. The van der Waals surface area contributed by atoms with Gasteiger partial charge in [-0.25, -0.2) is 13.1 Å². The molecule has 0 aliphatic rings. The smallest absolute Gasteiger partial charge is 0.244 e. The number of rotatable bonds is 7. The molecular formula is C13H22N2O3S. The lowest BCUT2D eigenvalue weighted by molar-refractivity contribution is 0.401. The maximum absolute atomic E-state index is 12.3. The third kappa shape index (κ3) is 4.19. The maximum atomic E-state index is 12.3. The van der Waals surface area contributed by atoms with Crippen molar-refractivity contribution >= 4 is 10.0 Å². The highest BCUT2D eigenvalue weighted by atomic mass is 32.2. The van der Waals surface area contributed by atoms with Gasteiger partial charge in [-0.3, -0.25) is 0 Å². The van der Waals surface area contributed by atoms with Crippen molar-refractivity contribution in [3.8, 4) is 5.75 Å². The predicted octanol–water partition coefficient (Wildman–Crippen LogP) is 1.48. The molecule has 0 aromatic heterocycles. The first-order valence-electron chi connectivity index (χ1n) is 6.31. The second-order valence-corrected chi connectivity index (χ2v) is 6.29. The molecule has 0 spiro atoms. The van der Waals surface area contributed by atoms with Crippen molar-refractivity contribution < 1.29 is 13.2 Å². The van der Waals surface area contributed by atoms with Gasteiger partial charge in [-0.2, -0.15) is 0 Å². The molecule has 108 valence electrons. The number of nitrogens with one attached hydrogen (secondary N) is 1. The van der Waals surface area contributed by atoms with Crippen molar-refractivity contribution in [2.45, 2.75) is 31.7 Å². The highest BCUT2D eigenvalue weighted by Crippen LogP contribution is 2.24. The average Bonchev–Trinajstić information content (AvgIpc) is 2.43. The van der Waals surface area contributed by atoms with Crippen LogP contribution < -0.4 is 15.2 Å². The Kier molecular flexibility index (Phi) is 5.78. The molecule has 0 saturated heterocycles. The monoisotopic (exact) mass is 286 g/mol. The summed E-state index contributed by atoms with van der Waals surface area (Å²) in [5.41, 5.74) is 6.30. The van der Waals surface area contributed by atoms with E-state index in [2.05, 4.69) is 4.72 Å². The largest absolute Gasteiger partial charge is 0.495 e. The molecule has 0 aliphatic carbocycles. The number of benzene rings is 1. The third-order valence-corrected chi connectivity index (χ3v) is 4.52. The molecule has 6 heteroatoms. The summed E-state index contributed by atoms with van der Waals surface area (Å²) in [7, 11) is -2.12. The number of ether oxygens (including phenoxy) is 1. The van der Waals surface area contributed by atoms with Crippen molar-refractivity contribution in [2.24, 2.45) is 11.7 Å². The summed E-state index contributed by atoms with van der Waals surface area (Å²) in [6.07, 6.45) is 0.919. The predicted molar refractivity (Wildman–Crippen MR) is 75.5 cm³/mol. The molecule has 0 heterocycles. The van der Waals surface area contributed by atoms with Gasteiger partial charge in [0.1, 0.15) is 10.6 Å². The Morgan fingerprint density at radius 3 is 2.63 bits per heavy atom. The highest BCUT2D eigenvalue weighted by Gasteiger charge is 2.20. The highest BCUT2D eigenvalue weighted by molar-refractivity contribution is 7.89. The SMILES string of the molecule is CCC(C)CNS(=O)(=O)c1cc(CN)ccc1OC. The molecule has 0 fully saturated rings. The number of methoxy groups -OCH3 is 1. The average molecular weight is 286 g/mol. The molecule has 1 atom stereocenters. The van der Waals surface area contributed by atoms with E-state index in [-0.39, 0.29) is 11.4 Å². The van der Waals surface area contributed by atoms with E-state index in [0.717, 1.165) is 12.0 Å². The minimum absolute atomic E-state index is 0.140. The van der Waals surface area contributed by atoms with Gasteiger partial charge in [-0.15, -0.1) is 0 Å². The number of sulfonamides is 1. The molecular weight excluding hydrogens is 264 g/mol. The Balaban J connectivity index is 3.05. The number of hydrogen-bond donors (Lipinski definition) is 2. The van der Waals surface area contributed by atoms with E-state index in [1.54, 1.807) is 18.2 Å². The van der Waals surface area contributed by atoms with Crippen LogP contribution in [0.25, 0.3) is 0 Å². The zero-order chi connectivity index (χ0) is 14.5. The van der Waals surface area contributed by atoms with Gasteiger partial charge in [-0.1, -0.05) is 26.3 Å². The van der Waals surface area contributed by atoms with Gasteiger partial charge in [0.05, 0.1) is 7.11 Å². The molecule has 0 radical (unpaired) electrons. The van der Waals surface area contributed by atoms with Crippen molar-refractivity contribution in [3.63, 3.8) is 0 Å². The van der Waals surface area contributed by atoms with Gasteiger partial charge in [-0.05, 0) is 23.6 Å². The number of nitrogens with two attached hydrogens (primary N) is 1. The molecule has 5 nitrogen and oxygen atoms in total. The van der Waals surface area contributed by atoms with Crippen molar-refractivity contribution in [1.82, 2.24) is 4.72 Å². The van der Waals surface area contributed by atoms with Crippen LogP contribution in [0.3, 0.4) is 0 Å². The summed E-state index contributed by atoms with van der Waals surface area (Å²) in [4.78, 5) is 0.140. The summed E-state index contributed by atoms with van der Waals surface area (Å²) in [5.74, 6) is 0.618. The van der Waals surface area contributed by atoms with Crippen LogP contribution in [0.1, 0.15) is 25.8 Å². The van der Waals surface area contributed by atoms with E-state index in [9.17, 15) is 8.42 Å². The molecule has 0 amide bonds. The fourth-order valence-corrected chi connectivity index (χ4v) is 2.91. The zero-order valence-corrected chi connectivity index (χ0v) is 12.5. The topological polar surface area (TPSA) is 81.4 Å². The van der Waals surface area contributed by atoms with Gasteiger partial charge in [0.15, 0.2) is 0 Å². The second kappa shape index (κ2) is 6.88. The van der Waals surface area contributed by atoms with Crippen molar-refractivity contribution in [2.75, 3.05) is 13.7 Å². The van der Waals surface area contributed by atoms with Crippen LogP contribution in [0.5, 0.6) is 5.75 Å². The summed E-state index contributed by atoms with van der Waals surface area (Å²) in [6, 6.07) is 4.93. The van der Waals surface area contributed by atoms with E-state index >= 15 is 0 Å². The first-order chi connectivity index (χ1) is 8.94. The Labute approximate surface area is 115 Å². The van der Waals surface area contributed by atoms with Crippen molar-refractivity contribution in [1.29, 1.82) is 0 Å². The fourth-order valence-electron chi connectivity index (χ4n) is 1.53. The first kappa shape index (κ1) is 15.9. The second-order valence-electron chi connectivity index (χ2n) is 4.55. The molecule has 1 aromatic rings. The molecule has 1 aromatic carbocycles. The summed E-state index contributed by atoms with van der Waals surface area (Å²) in [6.45, 7) is 4.72. The van der Waals surface area contributed by atoms with Crippen molar-refractivity contribution in [3.05, 3.63) is 23.8 Å². The minimum atomic E-state index is -3.57. The van der Waals surface area contributed by atoms with Gasteiger partial charge in [0.2, 0.25) is 10.0 Å². The Hall–Kier alpha value is -1.11. The van der Waals surface area contributed by atoms with Crippen LogP contribution in [0.15, 0.2) is 23.1 Å². The molecule has 1 rings (SSSR count). The normalized spacial score (nSPS) is 13.3. The summed E-state index contributed by atoms with van der Waals surface area (Å²) < 4.78 is 32.2. The summed E-state index contributed by atoms with van der Waals surface area (Å²) >= 11 is 0. The minimum Gasteiger partial charge on any atom is -0.495 e. The molecule has 19 heavy (non-hydrogen) atoms. The fraction of sp³-hybridized carbons (Fsp3) is 0.538. The van der Waals surface area contributed by atoms with E-state index in [1.807, 2.05) is 13.8 Å². The van der Waals surface area contributed by atoms with E-state index in [1.165, 1.54) is 7.11 Å². The van der Waals surface area contributed by atoms with Crippen LogP contribution in [0.4, 0.5) is 0 Å². The quantitative estimate of drug-likeness (QED) is 0.795. The van der Waals surface area contributed by atoms with Crippen LogP contribution in [0.2, 0.25) is 0 Å². The lowest BCUT2D eigenvalue weighted by Crippen LogP contribution is -2.28. The van der Waals surface area contributed by atoms with E-state index in [0.29, 0.717) is 18.2 Å². The Morgan fingerprint density at radius 1 is 1.42 bits per heavy atom. The molecule has 0 saturated carbocycles. The van der Waals surface area contributed by atoms with Gasteiger partial charge in [0.25, 0.3) is 0 Å². The van der Waals surface area contributed by atoms with Gasteiger partial charge in [0, 0.05) is 13.1 Å². The number of hydrogen-bond acceptors (Lipinski definition) is 4. The molecule has 3 N–H and O–H groups in total. The lowest BCUT2D eigenvalue weighted by Gasteiger charge is -2.14. The molecule has 0 aliphatic heterocycles. The molecule has 0 bridgehead atoms. The van der Waals surface area contributed by atoms with Gasteiger partial charge >= 0.3 is 0 Å². The van der Waals surface area contributed by atoms with Crippen LogP contribution in [-0.2, 0) is 16.6 Å². The first-order valence-corrected chi connectivity index (χ1v) is 7.79. The Bertz CT molecular complexity index is 515. The van der Waals surface area contributed by atoms with Crippen LogP contribution in [0, 0.1) is 5.92 Å². The van der Waals surface area contributed by atoms with E-state index < -0.39 is 10.0 Å². The van der Waals surface area contributed by atoms with E-state index in [4.69, 9.17) is 10.5 Å². The third-order valence-electron chi connectivity index (χ3n) is 3.07. The zero-order valence-electron chi connectivity index (χ0n) is 11.6. The molecule has 1 unspecified atom stereocenters. The lowest BCUT2D eigenvalue weighted by atomic mass is 10.1.